The lowest BCUT2D eigenvalue weighted by molar-refractivity contribution is -0.857. The average molecular weight is 396 g/mol. The van der Waals surface area contributed by atoms with Crippen LogP contribution in [0.3, 0.4) is 0 Å². The molecule has 1 amide bonds. The molecule has 2 N–H and O–H groups in total. The number of quaternary nitrogens is 1. The molecular formula is C22H26N3O4+. The van der Waals surface area contributed by atoms with Crippen molar-refractivity contribution in [3.8, 4) is 5.75 Å². The molecule has 1 atom stereocenters. The van der Waals surface area contributed by atoms with E-state index < -0.39 is 17.7 Å². The standard InChI is InChI=1S/C22H25N3O4/c1-14-12-15(7-8-17(14)29-4)20(26)18-19(16-6-5-9-23-13-16)25(11-10-24(2)3)22(28)21(18)27/h5-9,12-13,19,26H,10-11H2,1-4H3/p+1. The quantitative estimate of drug-likeness (QED) is 0.432. The van der Waals surface area contributed by atoms with Gasteiger partial charge in [-0.15, -0.1) is 0 Å². The Hall–Kier alpha value is -3.19. The molecule has 152 valence electrons. The fourth-order valence-corrected chi connectivity index (χ4v) is 3.52. The molecule has 0 spiro atoms. The highest BCUT2D eigenvalue weighted by molar-refractivity contribution is 6.46. The van der Waals surface area contributed by atoms with Crippen molar-refractivity contribution in [1.82, 2.24) is 9.88 Å². The van der Waals surface area contributed by atoms with Crippen molar-refractivity contribution < 1.29 is 24.3 Å². The zero-order valence-electron chi connectivity index (χ0n) is 17.1. The van der Waals surface area contributed by atoms with Crippen molar-refractivity contribution in [1.29, 1.82) is 0 Å². The lowest BCUT2D eigenvalue weighted by Gasteiger charge is -2.25. The summed E-state index contributed by atoms with van der Waals surface area (Å²) in [6.07, 6.45) is 3.26. The Morgan fingerprint density at radius 3 is 2.62 bits per heavy atom. The number of aliphatic hydroxyl groups excluding tert-OH is 1. The van der Waals surface area contributed by atoms with Gasteiger partial charge in [-0.1, -0.05) is 6.07 Å². The van der Waals surface area contributed by atoms with Gasteiger partial charge in [0.15, 0.2) is 0 Å². The zero-order chi connectivity index (χ0) is 21.1. The molecule has 2 heterocycles. The van der Waals surface area contributed by atoms with Crippen LogP contribution >= 0.6 is 0 Å². The van der Waals surface area contributed by atoms with Gasteiger partial charge in [0, 0.05) is 18.0 Å². The second-order valence-electron chi connectivity index (χ2n) is 7.42. The number of amides is 1. The zero-order valence-corrected chi connectivity index (χ0v) is 17.1. The highest BCUT2D eigenvalue weighted by Crippen LogP contribution is 2.39. The van der Waals surface area contributed by atoms with Crippen LogP contribution in [0.5, 0.6) is 5.75 Å². The first kappa shape index (κ1) is 20.5. The number of carbonyl (C=O) groups is 2. The first-order valence-corrected chi connectivity index (χ1v) is 9.47. The molecule has 0 aliphatic carbocycles. The summed E-state index contributed by atoms with van der Waals surface area (Å²) in [5.41, 5.74) is 2.06. The van der Waals surface area contributed by atoms with Crippen LogP contribution in [-0.4, -0.2) is 61.0 Å². The van der Waals surface area contributed by atoms with Gasteiger partial charge in [0.2, 0.25) is 0 Å². The third kappa shape index (κ3) is 4.00. The maximum atomic E-state index is 12.9. The highest BCUT2D eigenvalue weighted by atomic mass is 16.5. The van der Waals surface area contributed by atoms with Crippen LogP contribution < -0.4 is 9.64 Å². The summed E-state index contributed by atoms with van der Waals surface area (Å²) < 4.78 is 5.27. The number of ether oxygens (including phenoxy) is 1. The van der Waals surface area contributed by atoms with Crippen molar-refractivity contribution in [3.05, 3.63) is 65.0 Å². The van der Waals surface area contributed by atoms with Gasteiger partial charge < -0.3 is 19.6 Å². The van der Waals surface area contributed by atoms with E-state index in [9.17, 15) is 14.7 Å². The molecule has 1 saturated heterocycles. The first-order valence-electron chi connectivity index (χ1n) is 9.47. The second kappa shape index (κ2) is 8.45. The van der Waals surface area contributed by atoms with Crippen LogP contribution in [-0.2, 0) is 9.59 Å². The van der Waals surface area contributed by atoms with E-state index in [4.69, 9.17) is 4.74 Å². The molecule has 0 bridgehead atoms. The minimum Gasteiger partial charge on any atom is -0.507 e. The minimum atomic E-state index is -0.682. The summed E-state index contributed by atoms with van der Waals surface area (Å²) in [5.74, 6) is -0.798. The number of ketones is 1. The monoisotopic (exact) mass is 396 g/mol. The van der Waals surface area contributed by atoms with Gasteiger partial charge in [0.1, 0.15) is 11.5 Å². The van der Waals surface area contributed by atoms with Crippen molar-refractivity contribution >= 4 is 17.4 Å². The summed E-state index contributed by atoms with van der Waals surface area (Å²) in [6.45, 7) is 2.92. The minimum absolute atomic E-state index is 0.0846. The first-order chi connectivity index (χ1) is 13.8. The lowest BCUT2D eigenvalue weighted by atomic mass is 9.95. The Kier molecular flexibility index (Phi) is 5.98. The molecule has 2 aromatic rings. The maximum Gasteiger partial charge on any atom is 0.295 e. The van der Waals surface area contributed by atoms with E-state index in [0.29, 0.717) is 30.0 Å². The number of aromatic nitrogens is 1. The van der Waals surface area contributed by atoms with E-state index in [1.165, 1.54) is 4.90 Å². The Morgan fingerprint density at radius 2 is 2.03 bits per heavy atom. The van der Waals surface area contributed by atoms with Crippen LogP contribution in [0.1, 0.15) is 22.7 Å². The van der Waals surface area contributed by atoms with E-state index in [1.807, 2.05) is 27.1 Å². The predicted octanol–water partition coefficient (Wildman–Crippen LogP) is 0.965. The summed E-state index contributed by atoms with van der Waals surface area (Å²) in [5, 5.41) is 11.0. The van der Waals surface area contributed by atoms with Crippen molar-refractivity contribution in [3.63, 3.8) is 0 Å². The van der Waals surface area contributed by atoms with E-state index >= 15 is 0 Å². The molecule has 1 aromatic heterocycles. The molecule has 3 rings (SSSR count). The van der Waals surface area contributed by atoms with Gasteiger partial charge >= 0.3 is 0 Å². The van der Waals surface area contributed by atoms with Crippen LogP contribution in [0.25, 0.3) is 5.76 Å². The van der Waals surface area contributed by atoms with Gasteiger partial charge in [-0.25, -0.2) is 0 Å². The number of aryl methyl sites for hydroxylation is 1. The van der Waals surface area contributed by atoms with E-state index in [-0.39, 0.29) is 11.3 Å². The van der Waals surface area contributed by atoms with E-state index in [0.717, 1.165) is 10.5 Å². The van der Waals surface area contributed by atoms with Crippen LogP contribution in [0.2, 0.25) is 0 Å². The van der Waals surface area contributed by atoms with Crippen molar-refractivity contribution in [2.24, 2.45) is 0 Å². The number of nitrogens with one attached hydrogen (secondary N) is 1. The third-order valence-corrected chi connectivity index (χ3v) is 5.06. The Morgan fingerprint density at radius 1 is 1.28 bits per heavy atom. The number of hydrogen-bond donors (Lipinski definition) is 2. The van der Waals surface area contributed by atoms with Crippen LogP contribution in [0.4, 0.5) is 0 Å². The predicted molar refractivity (Wildman–Crippen MR) is 109 cm³/mol. The van der Waals surface area contributed by atoms with Gasteiger partial charge in [0.05, 0.1) is 45.9 Å². The second-order valence-corrected chi connectivity index (χ2v) is 7.42. The van der Waals surface area contributed by atoms with Gasteiger partial charge in [0.25, 0.3) is 11.7 Å². The summed E-state index contributed by atoms with van der Waals surface area (Å²) in [4.78, 5) is 32.5. The third-order valence-electron chi connectivity index (χ3n) is 5.06. The van der Waals surface area contributed by atoms with Crippen molar-refractivity contribution in [2.45, 2.75) is 13.0 Å². The number of aliphatic hydroxyl groups is 1. The number of likely N-dealkylation sites (tertiary alicyclic amines) is 1. The summed E-state index contributed by atoms with van der Waals surface area (Å²) in [6, 6.07) is 8.04. The number of likely N-dealkylation sites (N-methyl/N-ethyl adjacent to an activating group) is 1. The maximum absolute atomic E-state index is 12.9. The lowest BCUT2D eigenvalue weighted by Crippen LogP contribution is -3.06. The van der Waals surface area contributed by atoms with Crippen molar-refractivity contribution in [2.75, 3.05) is 34.3 Å². The number of methoxy groups -OCH3 is 1. The number of pyridine rings is 1. The topological polar surface area (TPSA) is 84.2 Å². The Bertz CT molecular complexity index is 954. The normalized spacial score (nSPS) is 18.5. The molecule has 29 heavy (non-hydrogen) atoms. The largest absolute Gasteiger partial charge is 0.507 e. The number of rotatable bonds is 6. The average Bonchev–Trinajstić information content (AvgIpc) is 2.97. The number of carbonyl (C=O) groups excluding carboxylic acids is 2. The molecule has 1 fully saturated rings. The van der Waals surface area contributed by atoms with Crippen LogP contribution in [0, 0.1) is 6.92 Å². The number of Topliss-reactive ketones (excluding diaryl/α,β-unsaturated/α-hetero) is 1. The number of benzene rings is 1. The van der Waals surface area contributed by atoms with Gasteiger partial charge in [-0.05, 0) is 42.3 Å². The number of nitrogens with zero attached hydrogens (tertiary/aromatic N) is 2. The molecule has 0 saturated carbocycles. The van der Waals surface area contributed by atoms with E-state index in [1.54, 1.807) is 43.8 Å². The van der Waals surface area contributed by atoms with Gasteiger partial charge in [-0.3, -0.25) is 14.6 Å². The Labute approximate surface area is 170 Å². The fraction of sp³-hybridized carbons (Fsp3) is 0.318. The smallest absolute Gasteiger partial charge is 0.295 e. The molecule has 1 aromatic carbocycles. The number of hydrogen-bond acceptors (Lipinski definition) is 5. The molecule has 7 heteroatoms. The molecule has 1 aliphatic rings. The fourth-order valence-electron chi connectivity index (χ4n) is 3.52. The highest BCUT2D eigenvalue weighted by Gasteiger charge is 2.46. The molecule has 1 unspecified atom stereocenters. The summed E-state index contributed by atoms with van der Waals surface area (Å²) >= 11 is 0. The molecule has 7 nitrogen and oxygen atoms in total. The van der Waals surface area contributed by atoms with E-state index in [2.05, 4.69) is 4.98 Å². The van der Waals surface area contributed by atoms with Crippen LogP contribution in [0.15, 0.2) is 48.3 Å². The Balaban J connectivity index is 2.13. The molecular weight excluding hydrogens is 370 g/mol. The SMILES string of the molecule is COc1ccc(C(O)=C2C(=O)C(=O)N(CC[NH+](C)C)C2c2cccnc2)cc1C. The van der Waals surface area contributed by atoms with Gasteiger partial charge in [-0.2, -0.15) is 0 Å². The summed E-state index contributed by atoms with van der Waals surface area (Å²) in [7, 11) is 5.54. The molecule has 0 radical (unpaired) electrons. The molecule has 1 aliphatic heterocycles.